The Balaban J connectivity index is 2.44. The number of hydrogen-bond donors (Lipinski definition) is 0. The van der Waals surface area contributed by atoms with Crippen LogP contribution in [-0.2, 0) is 0 Å². The van der Waals surface area contributed by atoms with Crippen molar-refractivity contribution in [2.45, 2.75) is 6.92 Å². The van der Waals surface area contributed by atoms with Gasteiger partial charge in [0.05, 0.1) is 4.92 Å². The van der Waals surface area contributed by atoms with Crippen molar-refractivity contribution >= 4 is 39.9 Å². The van der Waals surface area contributed by atoms with E-state index >= 15 is 0 Å². The zero-order valence-electron chi connectivity index (χ0n) is 9.63. The van der Waals surface area contributed by atoms with E-state index in [1.807, 2.05) is 12.1 Å². The van der Waals surface area contributed by atoms with Crippen LogP contribution in [0, 0.1) is 20.6 Å². The van der Waals surface area contributed by atoms with Gasteiger partial charge >= 0.3 is 11.6 Å². The summed E-state index contributed by atoms with van der Waals surface area (Å²) < 4.78 is 6.43. The molecule has 0 saturated heterocycles. The van der Waals surface area contributed by atoms with Gasteiger partial charge in [0.2, 0.25) is 5.28 Å². The van der Waals surface area contributed by atoms with Crippen LogP contribution in [0.5, 0.6) is 11.6 Å². The van der Waals surface area contributed by atoms with E-state index in [2.05, 4.69) is 32.6 Å². The zero-order chi connectivity index (χ0) is 14.0. The van der Waals surface area contributed by atoms with Gasteiger partial charge in [-0.3, -0.25) is 10.1 Å². The van der Waals surface area contributed by atoms with Crippen LogP contribution in [0.2, 0.25) is 5.28 Å². The molecule has 0 amide bonds. The predicted octanol–water partition coefficient (Wildman–Crippen LogP) is 3.74. The third-order valence-electron chi connectivity index (χ3n) is 2.21. The minimum Gasteiger partial charge on any atom is -0.434 e. The first-order valence-electron chi connectivity index (χ1n) is 5.09. The molecule has 8 heteroatoms. The first kappa shape index (κ1) is 13.9. The summed E-state index contributed by atoms with van der Waals surface area (Å²) in [6, 6.07) is 7.02. The Bertz CT molecular complexity index is 634. The first-order chi connectivity index (χ1) is 8.97. The fourth-order valence-corrected chi connectivity index (χ4v) is 1.97. The van der Waals surface area contributed by atoms with E-state index in [9.17, 15) is 10.1 Å². The van der Waals surface area contributed by atoms with Crippen molar-refractivity contribution in [3.8, 4) is 11.6 Å². The van der Waals surface area contributed by atoms with Crippen molar-refractivity contribution in [2.24, 2.45) is 0 Å². The summed E-state index contributed by atoms with van der Waals surface area (Å²) >= 11 is 7.84. The predicted molar refractivity (Wildman–Crippen MR) is 77.7 cm³/mol. The highest BCUT2D eigenvalue weighted by atomic mass is 127. The van der Waals surface area contributed by atoms with Gasteiger partial charge in [-0.1, -0.05) is 0 Å². The Morgan fingerprint density at radius 3 is 2.53 bits per heavy atom. The topological polar surface area (TPSA) is 78.2 Å². The van der Waals surface area contributed by atoms with Gasteiger partial charge in [-0.25, -0.2) is 4.98 Å². The van der Waals surface area contributed by atoms with Gasteiger partial charge in [-0.15, -0.1) is 0 Å². The van der Waals surface area contributed by atoms with Gasteiger partial charge in [0.15, 0.2) is 0 Å². The van der Waals surface area contributed by atoms with Crippen molar-refractivity contribution in [1.29, 1.82) is 0 Å². The molecule has 0 saturated carbocycles. The molecule has 0 unspecified atom stereocenters. The van der Waals surface area contributed by atoms with Crippen LogP contribution in [0.4, 0.5) is 5.69 Å². The Hall–Kier alpha value is -1.48. The summed E-state index contributed by atoms with van der Waals surface area (Å²) in [5, 5.41) is 10.9. The molecular formula is C11H7ClIN3O3. The van der Waals surface area contributed by atoms with Crippen LogP contribution >= 0.6 is 34.2 Å². The van der Waals surface area contributed by atoms with Crippen LogP contribution in [-0.4, -0.2) is 14.9 Å². The largest absolute Gasteiger partial charge is 0.434 e. The number of benzene rings is 1. The number of aromatic nitrogens is 2. The van der Waals surface area contributed by atoms with E-state index in [-0.39, 0.29) is 22.5 Å². The average molecular weight is 392 g/mol. The van der Waals surface area contributed by atoms with E-state index in [4.69, 9.17) is 16.3 Å². The minimum absolute atomic E-state index is 0.0939. The maximum atomic E-state index is 11.0. The number of rotatable bonds is 3. The number of nitro groups is 1. The second kappa shape index (κ2) is 5.66. The molecule has 0 aliphatic rings. The van der Waals surface area contributed by atoms with Crippen molar-refractivity contribution in [3.05, 3.63) is 48.9 Å². The molecular weight excluding hydrogens is 384 g/mol. The van der Waals surface area contributed by atoms with E-state index < -0.39 is 4.92 Å². The van der Waals surface area contributed by atoms with E-state index in [1.165, 1.54) is 6.92 Å². The molecule has 0 aliphatic carbocycles. The minimum atomic E-state index is -0.590. The molecule has 2 rings (SSSR count). The fraction of sp³-hybridized carbons (Fsp3) is 0.0909. The maximum absolute atomic E-state index is 11.0. The number of aryl methyl sites for hydroxylation is 1. The normalized spacial score (nSPS) is 10.3. The number of halogens is 2. The lowest BCUT2D eigenvalue weighted by Crippen LogP contribution is -2.01. The molecule has 1 heterocycles. The van der Waals surface area contributed by atoms with Crippen LogP contribution < -0.4 is 4.74 Å². The SMILES string of the molecule is Cc1nc(Cl)nc(Oc2ccc(I)cc2)c1[N+](=O)[O-]. The molecule has 0 fully saturated rings. The van der Waals surface area contributed by atoms with Crippen LogP contribution in [0.3, 0.4) is 0 Å². The molecule has 1 aromatic carbocycles. The van der Waals surface area contributed by atoms with Gasteiger partial charge in [0.25, 0.3) is 0 Å². The first-order valence-corrected chi connectivity index (χ1v) is 6.55. The summed E-state index contributed by atoms with van der Waals surface area (Å²) in [5.74, 6) is 0.279. The highest BCUT2D eigenvalue weighted by molar-refractivity contribution is 14.1. The van der Waals surface area contributed by atoms with Crippen molar-refractivity contribution in [3.63, 3.8) is 0 Å². The van der Waals surface area contributed by atoms with Gasteiger partial charge < -0.3 is 4.74 Å². The summed E-state index contributed by atoms with van der Waals surface area (Å²) in [7, 11) is 0. The quantitative estimate of drug-likeness (QED) is 0.345. The van der Waals surface area contributed by atoms with E-state index in [0.717, 1.165) is 3.57 Å². The Morgan fingerprint density at radius 1 is 1.32 bits per heavy atom. The number of ether oxygens (including phenoxy) is 1. The Kier molecular flexibility index (Phi) is 4.15. The third-order valence-corrected chi connectivity index (χ3v) is 3.10. The Labute approximate surface area is 127 Å². The summed E-state index contributed by atoms with van der Waals surface area (Å²) in [6.07, 6.45) is 0. The molecule has 1 aromatic heterocycles. The number of hydrogen-bond acceptors (Lipinski definition) is 5. The van der Waals surface area contributed by atoms with Crippen LogP contribution in [0.25, 0.3) is 0 Å². The standard InChI is InChI=1S/C11H7ClIN3O3/c1-6-9(16(17)18)10(15-11(12)14-6)19-8-4-2-7(13)3-5-8/h2-5H,1H3. The lowest BCUT2D eigenvalue weighted by molar-refractivity contribution is -0.386. The van der Waals surface area contributed by atoms with Crippen LogP contribution in [0.15, 0.2) is 24.3 Å². The third kappa shape index (κ3) is 3.29. The van der Waals surface area contributed by atoms with Crippen LogP contribution in [0.1, 0.15) is 5.69 Å². The Morgan fingerprint density at radius 2 is 1.95 bits per heavy atom. The maximum Gasteiger partial charge on any atom is 0.352 e. The molecule has 98 valence electrons. The molecule has 0 radical (unpaired) electrons. The molecule has 6 nitrogen and oxygen atoms in total. The van der Waals surface area contributed by atoms with Gasteiger partial charge in [-0.2, -0.15) is 4.98 Å². The molecule has 0 bridgehead atoms. The lowest BCUT2D eigenvalue weighted by Gasteiger charge is -2.06. The summed E-state index contributed by atoms with van der Waals surface area (Å²) in [4.78, 5) is 17.9. The smallest absolute Gasteiger partial charge is 0.352 e. The second-order valence-electron chi connectivity index (χ2n) is 3.54. The molecule has 19 heavy (non-hydrogen) atoms. The molecule has 0 aliphatic heterocycles. The summed E-state index contributed by atoms with van der Waals surface area (Å²) in [5.41, 5.74) is -0.131. The molecule has 2 aromatic rings. The lowest BCUT2D eigenvalue weighted by atomic mass is 10.3. The van der Waals surface area contributed by atoms with Gasteiger partial charge in [0.1, 0.15) is 11.4 Å². The number of nitrogens with zero attached hydrogens (tertiary/aromatic N) is 3. The monoisotopic (exact) mass is 391 g/mol. The average Bonchev–Trinajstić information content (AvgIpc) is 2.30. The molecule has 0 N–H and O–H groups in total. The molecule has 0 atom stereocenters. The van der Waals surface area contributed by atoms with Gasteiger partial charge in [-0.05, 0) is 65.4 Å². The van der Waals surface area contributed by atoms with Crippen molar-refractivity contribution in [2.75, 3.05) is 0 Å². The second-order valence-corrected chi connectivity index (χ2v) is 5.13. The fourth-order valence-electron chi connectivity index (χ4n) is 1.40. The molecule has 0 spiro atoms. The van der Waals surface area contributed by atoms with E-state index in [0.29, 0.717) is 5.75 Å². The summed E-state index contributed by atoms with van der Waals surface area (Å²) in [6.45, 7) is 1.48. The highest BCUT2D eigenvalue weighted by Gasteiger charge is 2.23. The van der Waals surface area contributed by atoms with E-state index in [1.54, 1.807) is 12.1 Å². The van der Waals surface area contributed by atoms with Crippen molar-refractivity contribution in [1.82, 2.24) is 9.97 Å². The zero-order valence-corrected chi connectivity index (χ0v) is 12.5. The van der Waals surface area contributed by atoms with Crippen molar-refractivity contribution < 1.29 is 9.66 Å². The van der Waals surface area contributed by atoms with Gasteiger partial charge in [0, 0.05) is 3.57 Å². The highest BCUT2D eigenvalue weighted by Crippen LogP contribution is 2.32.